The molecular weight excluding hydrogens is 332 g/mol. The van der Waals surface area contributed by atoms with Gasteiger partial charge in [0, 0.05) is 18.7 Å². The molecule has 0 radical (unpaired) electrons. The van der Waals surface area contributed by atoms with Crippen LogP contribution >= 0.6 is 12.4 Å². The van der Waals surface area contributed by atoms with Gasteiger partial charge < -0.3 is 10.6 Å². The van der Waals surface area contributed by atoms with Gasteiger partial charge in [-0.1, -0.05) is 51.1 Å². The topological polar surface area (TPSA) is 41.1 Å². The molecule has 1 unspecified atom stereocenters. The van der Waals surface area contributed by atoms with E-state index in [1.165, 1.54) is 22.3 Å². The van der Waals surface area contributed by atoms with Crippen molar-refractivity contribution in [3.05, 3.63) is 70.3 Å². The molecule has 0 spiro atoms. The quantitative estimate of drug-likeness (QED) is 0.831. The first-order chi connectivity index (χ1) is 11.6. The van der Waals surface area contributed by atoms with E-state index in [9.17, 15) is 4.79 Å². The highest BCUT2D eigenvalue weighted by Gasteiger charge is 2.20. The van der Waals surface area contributed by atoms with Crippen molar-refractivity contribution in [1.82, 2.24) is 10.6 Å². The van der Waals surface area contributed by atoms with E-state index in [-0.39, 0.29) is 24.4 Å². The number of hydrogen-bond acceptors (Lipinski definition) is 2. The summed E-state index contributed by atoms with van der Waals surface area (Å²) in [5.41, 5.74) is 5.75. The summed E-state index contributed by atoms with van der Waals surface area (Å²) < 4.78 is 0. The largest absolute Gasteiger partial charge is 0.345 e. The maximum Gasteiger partial charge on any atom is 0.251 e. The van der Waals surface area contributed by atoms with E-state index in [0.717, 1.165) is 25.1 Å². The Hall–Kier alpha value is -1.84. The van der Waals surface area contributed by atoms with Crippen molar-refractivity contribution in [2.45, 2.75) is 46.3 Å². The van der Waals surface area contributed by atoms with E-state index in [2.05, 4.69) is 61.7 Å². The van der Waals surface area contributed by atoms with Crippen LogP contribution in [0.15, 0.2) is 42.5 Å². The van der Waals surface area contributed by atoms with Crippen LogP contribution < -0.4 is 10.6 Å². The van der Waals surface area contributed by atoms with Crippen LogP contribution in [0.5, 0.6) is 0 Å². The maximum absolute atomic E-state index is 12.7. The van der Waals surface area contributed by atoms with Crippen molar-refractivity contribution in [2.24, 2.45) is 5.92 Å². The van der Waals surface area contributed by atoms with Crippen molar-refractivity contribution in [3.8, 4) is 0 Å². The molecule has 0 saturated carbocycles. The second-order valence-corrected chi connectivity index (χ2v) is 6.88. The highest BCUT2D eigenvalue weighted by molar-refractivity contribution is 5.94. The van der Waals surface area contributed by atoms with E-state index in [4.69, 9.17) is 0 Å². The van der Waals surface area contributed by atoms with Crippen LogP contribution in [-0.2, 0) is 19.5 Å². The Morgan fingerprint density at radius 3 is 2.40 bits per heavy atom. The lowest BCUT2D eigenvalue weighted by Crippen LogP contribution is -2.31. The number of hydrogen-bond donors (Lipinski definition) is 2. The standard InChI is InChI=1S/C21H26N2O.ClH/c1-4-15-5-7-16(8-6-15)20(14(2)3)23-21(24)17-9-10-18-12-22-13-19(18)11-17;/h5-11,14,20,22H,4,12-13H2,1-3H3,(H,23,24);1H. The van der Waals surface area contributed by atoms with Gasteiger partial charge in [0.1, 0.15) is 0 Å². The molecule has 3 rings (SSSR count). The zero-order valence-corrected chi connectivity index (χ0v) is 16.0. The number of nitrogens with one attached hydrogen (secondary N) is 2. The molecular formula is C21H27ClN2O. The maximum atomic E-state index is 12.7. The Labute approximate surface area is 156 Å². The normalized spacial score (nSPS) is 13.9. The average molecular weight is 359 g/mol. The van der Waals surface area contributed by atoms with Crippen molar-refractivity contribution in [3.63, 3.8) is 0 Å². The van der Waals surface area contributed by atoms with Gasteiger partial charge in [-0.25, -0.2) is 0 Å². The summed E-state index contributed by atoms with van der Waals surface area (Å²) in [5, 5.41) is 6.54. The summed E-state index contributed by atoms with van der Waals surface area (Å²) >= 11 is 0. The van der Waals surface area contributed by atoms with Crippen LogP contribution in [0.25, 0.3) is 0 Å². The average Bonchev–Trinajstić information content (AvgIpc) is 3.07. The number of amides is 1. The molecule has 134 valence electrons. The Bertz CT molecular complexity index is 725. The predicted molar refractivity (Wildman–Crippen MR) is 105 cm³/mol. The lowest BCUT2D eigenvalue weighted by Gasteiger charge is -2.23. The highest BCUT2D eigenvalue weighted by atomic mass is 35.5. The van der Waals surface area contributed by atoms with Crippen molar-refractivity contribution in [2.75, 3.05) is 0 Å². The van der Waals surface area contributed by atoms with Crippen molar-refractivity contribution >= 4 is 18.3 Å². The highest BCUT2D eigenvalue weighted by Crippen LogP contribution is 2.24. The lowest BCUT2D eigenvalue weighted by atomic mass is 9.94. The first-order valence-electron chi connectivity index (χ1n) is 8.80. The summed E-state index contributed by atoms with van der Waals surface area (Å²) in [6.07, 6.45) is 1.03. The second kappa shape index (κ2) is 8.50. The molecule has 0 aromatic heterocycles. The third kappa shape index (κ3) is 4.42. The smallest absolute Gasteiger partial charge is 0.251 e. The third-order valence-corrected chi connectivity index (χ3v) is 4.80. The summed E-state index contributed by atoms with van der Waals surface area (Å²) in [5.74, 6) is 0.334. The Morgan fingerprint density at radius 1 is 1.08 bits per heavy atom. The molecule has 0 bridgehead atoms. The lowest BCUT2D eigenvalue weighted by molar-refractivity contribution is 0.0925. The minimum Gasteiger partial charge on any atom is -0.345 e. The van der Waals surface area contributed by atoms with Crippen LogP contribution in [0.2, 0.25) is 0 Å². The number of halogens is 1. The van der Waals surface area contributed by atoms with Crippen LogP contribution in [-0.4, -0.2) is 5.91 Å². The Kier molecular flexibility index (Phi) is 6.63. The minimum atomic E-state index is 0. The summed E-state index contributed by atoms with van der Waals surface area (Å²) in [4.78, 5) is 12.7. The zero-order chi connectivity index (χ0) is 17.1. The van der Waals surface area contributed by atoms with E-state index in [0.29, 0.717) is 5.92 Å². The molecule has 25 heavy (non-hydrogen) atoms. The molecule has 1 amide bonds. The van der Waals surface area contributed by atoms with Crippen molar-refractivity contribution in [1.29, 1.82) is 0 Å². The second-order valence-electron chi connectivity index (χ2n) is 6.88. The summed E-state index contributed by atoms with van der Waals surface area (Å²) in [6, 6.07) is 14.6. The molecule has 0 saturated heterocycles. The monoisotopic (exact) mass is 358 g/mol. The van der Waals surface area contributed by atoms with E-state index in [1.54, 1.807) is 0 Å². The molecule has 1 aliphatic heterocycles. The molecule has 4 heteroatoms. The SMILES string of the molecule is CCc1ccc(C(NC(=O)c2ccc3c(c2)CNC3)C(C)C)cc1.Cl. The van der Waals surface area contributed by atoms with E-state index in [1.807, 2.05) is 12.1 Å². The minimum absolute atomic E-state index is 0. The number of rotatable bonds is 5. The number of carbonyl (C=O) groups is 1. The molecule has 2 N–H and O–H groups in total. The van der Waals surface area contributed by atoms with Crippen LogP contribution in [0.3, 0.4) is 0 Å². The van der Waals surface area contributed by atoms with Gasteiger partial charge in [-0.2, -0.15) is 0 Å². The van der Waals surface area contributed by atoms with E-state index >= 15 is 0 Å². The first-order valence-corrected chi connectivity index (χ1v) is 8.80. The summed E-state index contributed by atoms with van der Waals surface area (Å²) in [7, 11) is 0. The van der Waals surface area contributed by atoms with Gasteiger partial charge in [-0.3, -0.25) is 4.79 Å². The van der Waals surface area contributed by atoms with Gasteiger partial charge in [-0.15, -0.1) is 12.4 Å². The van der Waals surface area contributed by atoms with Gasteiger partial charge in [0.2, 0.25) is 0 Å². The van der Waals surface area contributed by atoms with Gasteiger partial charge >= 0.3 is 0 Å². The van der Waals surface area contributed by atoms with Crippen molar-refractivity contribution < 1.29 is 4.79 Å². The van der Waals surface area contributed by atoms with Gasteiger partial charge in [0.25, 0.3) is 5.91 Å². The molecule has 0 fully saturated rings. The van der Waals surface area contributed by atoms with Gasteiger partial charge in [-0.05, 0) is 46.7 Å². The first kappa shape index (κ1) is 19.5. The molecule has 1 heterocycles. The zero-order valence-electron chi connectivity index (χ0n) is 15.1. The van der Waals surface area contributed by atoms with Crippen LogP contribution in [0, 0.1) is 5.92 Å². The Morgan fingerprint density at radius 2 is 1.76 bits per heavy atom. The molecule has 2 aromatic carbocycles. The number of carbonyl (C=O) groups excluding carboxylic acids is 1. The van der Waals surface area contributed by atoms with E-state index < -0.39 is 0 Å². The number of fused-ring (bicyclic) bond motifs is 1. The molecule has 2 aromatic rings. The third-order valence-electron chi connectivity index (χ3n) is 4.80. The fourth-order valence-corrected chi connectivity index (χ4v) is 3.26. The van der Waals surface area contributed by atoms with Gasteiger partial charge in [0.15, 0.2) is 0 Å². The van der Waals surface area contributed by atoms with Crippen LogP contribution in [0.4, 0.5) is 0 Å². The fraction of sp³-hybridized carbons (Fsp3) is 0.381. The fourth-order valence-electron chi connectivity index (χ4n) is 3.26. The molecule has 0 aliphatic carbocycles. The molecule has 1 atom stereocenters. The number of aryl methyl sites for hydroxylation is 1. The van der Waals surface area contributed by atoms with Gasteiger partial charge in [0.05, 0.1) is 6.04 Å². The Balaban J connectivity index is 0.00000225. The van der Waals surface area contributed by atoms with Crippen LogP contribution in [0.1, 0.15) is 59.4 Å². The molecule has 1 aliphatic rings. The predicted octanol–water partition coefficient (Wildman–Crippen LogP) is 4.40. The number of benzene rings is 2. The summed E-state index contributed by atoms with van der Waals surface area (Å²) in [6.45, 7) is 8.19. The molecule has 3 nitrogen and oxygen atoms in total.